The Morgan fingerprint density at radius 1 is 1.12 bits per heavy atom. The largest absolute Gasteiger partial charge is 0.475 e. The lowest BCUT2D eigenvalue weighted by atomic mass is 10.00. The summed E-state index contributed by atoms with van der Waals surface area (Å²) in [6.07, 6.45) is -0.212. The van der Waals surface area contributed by atoms with Crippen LogP contribution in [-0.4, -0.2) is 61.5 Å². The first-order valence-electron chi connectivity index (χ1n) is 14.0. The fraction of sp³-hybridized carbons (Fsp3) is 0.517. The number of aromatic nitrogens is 2. The molecular formula is C29H36F3N5O5. The maximum atomic E-state index is 14.1. The van der Waals surface area contributed by atoms with Gasteiger partial charge in [0.15, 0.2) is 5.69 Å². The number of urea groups is 1. The molecule has 1 saturated heterocycles. The Labute approximate surface area is 241 Å². The summed E-state index contributed by atoms with van der Waals surface area (Å²) in [5.74, 6) is -4.92. The number of imide groups is 1. The molecular weight excluding hydrogens is 555 g/mol. The van der Waals surface area contributed by atoms with E-state index in [2.05, 4.69) is 4.98 Å². The van der Waals surface area contributed by atoms with Crippen molar-refractivity contribution in [3.63, 3.8) is 0 Å². The molecule has 0 bridgehead atoms. The summed E-state index contributed by atoms with van der Waals surface area (Å²) in [7, 11) is 1.79. The standard InChI is InChI=1S/C29H36F3N5O5/c1-17(2)14-20(33)26(38)37(28(41)36-12-8-4-5-9-13-36)22(15-18-16-35(3)21-11-7-6-10-19(18)21)25-34-24(29(30,31)32)23(42-25)27(39)40/h6-7,10-11,16-17,20,22H,4-5,8-9,12-15,33H2,1-3H3,(H,39,40)/t20-,22+/m0/s1. The highest BCUT2D eigenvalue weighted by Crippen LogP contribution is 2.37. The van der Waals surface area contributed by atoms with Gasteiger partial charge in [0.05, 0.1) is 6.04 Å². The number of hydrogen-bond acceptors (Lipinski definition) is 6. The second-order valence-electron chi connectivity index (χ2n) is 11.2. The molecule has 0 spiro atoms. The molecule has 1 aliphatic heterocycles. The van der Waals surface area contributed by atoms with Crippen LogP contribution in [0.2, 0.25) is 0 Å². The van der Waals surface area contributed by atoms with Crippen molar-refractivity contribution in [3.8, 4) is 0 Å². The van der Waals surface area contributed by atoms with Crippen molar-refractivity contribution in [2.24, 2.45) is 18.7 Å². The zero-order valence-corrected chi connectivity index (χ0v) is 23.9. The number of rotatable bonds is 8. The molecule has 3 heterocycles. The quantitative estimate of drug-likeness (QED) is 0.360. The first kappa shape index (κ1) is 31.1. The van der Waals surface area contributed by atoms with Crippen molar-refractivity contribution in [2.45, 2.75) is 70.6 Å². The highest BCUT2D eigenvalue weighted by Gasteiger charge is 2.45. The third-order valence-electron chi connectivity index (χ3n) is 7.46. The Bertz CT molecular complexity index is 1440. The number of aryl methyl sites for hydroxylation is 1. The molecule has 1 aromatic carbocycles. The number of nitrogens with two attached hydrogens (primary N) is 1. The molecule has 2 aromatic heterocycles. The minimum atomic E-state index is -5.16. The van der Waals surface area contributed by atoms with E-state index in [0.29, 0.717) is 31.5 Å². The van der Waals surface area contributed by atoms with E-state index in [1.807, 2.05) is 36.6 Å². The maximum absolute atomic E-state index is 14.1. The van der Waals surface area contributed by atoms with Gasteiger partial charge in [0.25, 0.3) is 0 Å². The number of oxazole rings is 1. The number of carbonyl (C=O) groups is 3. The molecule has 3 aromatic rings. The molecule has 42 heavy (non-hydrogen) atoms. The van der Waals surface area contributed by atoms with Gasteiger partial charge >= 0.3 is 18.2 Å². The van der Waals surface area contributed by atoms with E-state index in [-0.39, 0.29) is 18.8 Å². The number of likely N-dealkylation sites (tertiary alicyclic amines) is 1. The summed E-state index contributed by atoms with van der Waals surface area (Å²) >= 11 is 0. The summed E-state index contributed by atoms with van der Waals surface area (Å²) in [6, 6.07) is 3.91. The van der Waals surface area contributed by atoms with Crippen molar-refractivity contribution in [1.29, 1.82) is 0 Å². The first-order valence-corrected chi connectivity index (χ1v) is 14.0. The lowest BCUT2D eigenvalue weighted by Crippen LogP contribution is -2.54. The number of carboxylic acid groups (broad SMARTS) is 1. The maximum Gasteiger partial charge on any atom is 0.437 e. The van der Waals surface area contributed by atoms with Gasteiger partial charge in [-0.15, -0.1) is 0 Å². The average molecular weight is 592 g/mol. The van der Waals surface area contributed by atoms with Crippen LogP contribution < -0.4 is 5.73 Å². The number of halogens is 3. The number of hydrogen-bond donors (Lipinski definition) is 2. The van der Waals surface area contributed by atoms with E-state index in [0.717, 1.165) is 28.6 Å². The number of nitrogens with zero attached hydrogens (tertiary/aromatic N) is 4. The molecule has 3 N–H and O–H groups in total. The number of benzene rings is 1. The highest BCUT2D eigenvalue weighted by atomic mass is 19.4. The number of carbonyl (C=O) groups excluding carboxylic acids is 2. The third-order valence-corrected chi connectivity index (χ3v) is 7.46. The van der Waals surface area contributed by atoms with Crippen LogP contribution in [0.15, 0.2) is 34.9 Å². The van der Waals surface area contributed by atoms with Gasteiger partial charge in [-0.1, -0.05) is 44.9 Å². The van der Waals surface area contributed by atoms with E-state index < -0.39 is 53.5 Å². The second-order valence-corrected chi connectivity index (χ2v) is 11.2. The number of alkyl halides is 3. The van der Waals surface area contributed by atoms with Gasteiger partial charge in [0, 0.05) is 43.7 Å². The van der Waals surface area contributed by atoms with Crippen molar-refractivity contribution < 1.29 is 37.1 Å². The molecule has 0 aliphatic carbocycles. The third kappa shape index (κ3) is 6.61. The summed E-state index contributed by atoms with van der Waals surface area (Å²) in [5, 5.41) is 10.3. The number of carboxylic acids is 1. The van der Waals surface area contributed by atoms with Crippen LogP contribution in [0.3, 0.4) is 0 Å². The Kier molecular flexibility index (Phi) is 9.29. The van der Waals surface area contributed by atoms with Crippen LogP contribution in [0.1, 0.15) is 79.7 Å². The Hall–Kier alpha value is -3.87. The number of para-hydroxylation sites is 1. The molecule has 0 radical (unpaired) electrons. The number of fused-ring (bicyclic) bond motifs is 1. The monoisotopic (exact) mass is 591 g/mol. The zero-order valence-electron chi connectivity index (χ0n) is 23.9. The lowest BCUT2D eigenvalue weighted by Gasteiger charge is -2.34. The van der Waals surface area contributed by atoms with Gasteiger partial charge in [0.2, 0.25) is 17.6 Å². The molecule has 13 heteroatoms. The van der Waals surface area contributed by atoms with E-state index in [1.165, 1.54) is 4.90 Å². The molecule has 2 atom stereocenters. The van der Waals surface area contributed by atoms with Gasteiger partial charge in [-0.25, -0.2) is 19.5 Å². The van der Waals surface area contributed by atoms with Gasteiger partial charge in [-0.2, -0.15) is 13.2 Å². The van der Waals surface area contributed by atoms with E-state index in [4.69, 9.17) is 10.2 Å². The molecule has 4 rings (SSSR count). The van der Waals surface area contributed by atoms with E-state index in [9.17, 15) is 32.7 Å². The fourth-order valence-corrected chi connectivity index (χ4v) is 5.48. The molecule has 10 nitrogen and oxygen atoms in total. The van der Waals surface area contributed by atoms with Crippen LogP contribution in [0.25, 0.3) is 10.9 Å². The number of amides is 3. The molecule has 1 fully saturated rings. The van der Waals surface area contributed by atoms with Crippen molar-refractivity contribution >= 4 is 28.8 Å². The Morgan fingerprint density at radius 3 is 2.33 bits per heavy atom. The SMILES string of the molecule is CC(C)C[C@H](N)C(=O)N(C(=O)N1CCCCCC1)[C@H](Cc1cn(C)c2ccccc12)c1nc(C(F)(F)F)c(C(=O)O)o1. The van der Waals surface area contributed by atoms with Crippen molar-refractivity contribution in [1.82, 2.24) is 19.4 Å². The topological polar surface area (TPSA) is 135 Å². The normalized spacial score (nSPS) is 16.0. The number of aromatic carboxylic acids is 1. The van der Waals surface area contributed by atoms with Crippen molar-refractivity contribution in [3.05, 3.63) is 53.4 Å². The van der Waals surface area contributed by atoms with Crippen LogP contribution in [0, 0.1) is 5.92 Å². The van der Waals surface area contributed by atoms with Crippen LogP contribution in [0.5, 0.6) is 0 Å². The summed E-state index contributed by atoms with van der Waals surface area (Å²) < 4.78 is 48.7. The van der Waals surface area contributed by atoms with Gasteiger partial charge < -0.3 is 24.7 Å². The summed E-state index contributed by atoms with van der Waals surface area (Å²) in [6.45, 7) is 4.40. The zero-order chi connectivity index (χ0) is 30.8. The average Bonchev–Trinajstić information content (AvgIpc) is 3.39. The van der Waals surface area contributed by atoms with Crippen LogP contribution in [-0.2, 0) is 24.4 Å². The van der Waals surface area contributed by atoms with Gasteiger partial charge in [-0.05, 0) is 36.8 Å². The fourth-order valence-electron chi connectivity index (χ4n) is 5.48. The first-order chi connectivity index (χ1) is 19.8. The molecule has 3 amide bonds. The Balaban J connectivity index is 1.92. The predicted octanol–water partition coefficient (Wildman–Crippen LogP) is 5.37. The van der Waals surface area contributed by atoms with E-state index >= 15 is 0 Å². The Morgan fingerprint density at radius 2 is 1.76 bits per heavy atom. The molecule has 0 unspecified atom stereocenters. The second kappa shape index (κ2) is 12.6. The minimum absolute atomic E-state index is 0.0206. The van der Waals surface area contributed by atoms with Crippen molar-refractivity contribution in [2.75, 3.05) is 13.1 Å². The molecule has 228 valence electrons. The smallest absolute Gasteiger partial charge is 0.437 e. The van der Waals surface area contributed by atoms with Crippen LogP contribution in [0.4, 0.5) is 18.0 Å². The van der Waals surface area contributed by atoms with Crippen LogP contribution >= 0.6 is 0 Å². The summed E-state index contributed by atoms with van der Waals surface area (Å²) in [4.78, 5) is 45.8. The minimum Gasteiger partial charge on any atom is -0.475 e. The van der Waals surface area contributed by atoms with Gasteiger partial charge in [0.1, 0.15) is 6.04 Å². The summed E-state index contributed by atoms with van der Waals surface area (Å²) in [5.41, 5.74) is 5.95. The highest BCUT2D eigenvalue weighted by molar-refractivity contribution is 5.97. The molecule has 1 aliphatic rings. The molecule has 0 saturated carbocycles. The predicted molar refractivity (Wildman–Crippen MR) is 148 cm³/mol. The van der Waals surface area contributed by atoms with E-state index in [1.54, 1.807) is 19.3 Å². The lowest BCUT2D eigenvalue weighted by molar-refractivity contribution is -0.141. The van der Waals surface area contributed by atoms with Gasteiger partial charge in [-0.3, -0.25) is 4.79 Å².